The van der Waals surface area contributed by atoms with Gasteiger partial charge in [0.1, 0.15) is 0 Å². The maximum Gasteiger partial charge on any atom is -1.00 e. The summed E-state index contributed by atoms with van der Waals surface area (Å²) in [7, 11) is -2.80. The number of allylic oxidation sites excluding steroid dienone is 8. The van der Waals surface area contributed by atoms with Gasteiger partial charge in [-0.15, -0.1) is 0 Å². The summed E-state index contributed by atoms with van der Waals surface area (Å²) in [6.07, 6.45) is 16.8. The monoisotopic (exact) mass is 592 g/mol. The van der Waals surface area contributed by atoms with E-state index in [-0.39, 0.29) is 24.8 Å². The summed E-state index contributed by atoms with van der Waals surface area (Å²) in [5.41, 5.74) is 3.29. The Morgan fingerprint density at radius 3 is 1.44 bits per heavy atom. The zero-order valence-corrected chi connectivity index (χ0v) is 27.5. The first-order valence-corrected chi connectivity index (χ1v) is 22.2. The maximum absolute atomic E-state index is 6.10. The molecule has 0 spiro atoms. The maximum atomic E-state index is 6.10. The molecule has 0 aromatic heterocycles. The van der Waals surface area contributed by atoms with E-state index < -0.39 is 37.9 Å². The fourth-order valence-electron chi connectivity index (χ4n) is 4.16. The van der Waals surface area contributed by atoms with Gasteiger partial charge in [-0.2, -0.15) is 0 Å². The molecule has 0 saturated carbocycles. The van der Waals surface area contributed by atoms with Crippen LogP contribution in [0.3, 0.4) is 0 Å². The molecule has 0 radical (unpaired) electrons. The van der Waals surface area contributed by atoms with E-state index in [9.17, 15) is 0 Å². The fourth-order valence-corrected chi connectivity index (χ4v) is 13.7. The Morgan fingerprint density at radius 1 is 0.750 bits per heavy atom. The summed E-state index contributed by atoms with van der Waals surface area (Å²) in [6.45, 7) is 20.3. The molecule has 2 nitrogen and oxygen atoms in total. The van der Waals surface area contributed by atoms with E-state index >= 15 is 0 Å². The van der Waals surface area contributed by atoms with Crippen LogP contribution in [0.15, 0.2) is 42.0 Å². The molecule has 0 heterocycles. The largest absolute Gasteiger partial charge is 1.00 e. The van der Waals surface area contributed by atoms with Crippen LogP contribution in [0.25, 0.3) is 0 Å². The molecule has 2 rings (SSSR count). The van der Waals surface area contributed by atoms with Crippen LogP contribution in [0.2, 0.25) is 39.3 Å². The van der Waals surface area contributed by atoms with Crippen LogP contribution < -0.4 is 24.8 Å². The molecular weight excluding hydrogens is 551 g/mol. The number of hydrogen-bond donors (Lipinski definition) is 0. The van der Waals surface area contributed by atoms with Gasteiger partial charge in [-0.1, -0.05) is 0 Å². The van der Waals surface area contributed by atoms with E-state index in [1.807, 2.05) is 6.56 Å². The SMILES string of the molecule is C[C](C)=[Zr+2]([C]1=C(CCCO[Si](C)(C)C)C=CC1)[C]1=C(CCCO[Si](C)(C)C)C=CC1.[Cl-].[Cl-]. The molecule has 2 aliphatic rings. The van der Waals surface area contributed by atoms with Crippen molar-refractivity contribution in [2.24, 2.45) is 0 Å². The molecule has 0 atom stereocenters. The predicted molar refractivity (Wildman–Crippen MR) is 135 cm³/mol. The van der Waals surface area contributed by atoms with Crippen LogP contribution in [0.5, 0.6) is 0 Å². The Morgan fingerprint density at radius 2 is 1.12 bits per heavy atom. The van der Waals surface area contributed by atoms with Crippen molar-refractivity contribution in [2.75, 3.05) is 13.2 Å². The van der Waals surface area contributed by atoms with Gasteiger partial charge >= 0.3 is 197 Å². The fraction of sp³-hybridized carbons (Fsp3) is 0.640. The number of rotatable bonds is 12. The average molecular weight is 595 g/mol. The Kier molecular flexibility index (Phi) is 15.2. The Hall–Kier alpha value is 0.647. The second-order valence-corrected chi connectivity index (χ2v) is 27.0. The zero-order chi connectivity index (χ0) is 22.4. The molecule has 0 aromatic rings. The van der Waals surface area contributed by atoms with Crippen molar-refractivity contribution < 1.29 is 54.9 Å². The van der Waals surface area contributed by atoms with Crippen molar-refractivity contribution in [3.63, 3.8) is 0 Å². The van der Waals surface area contributed by atoms with Crippen molar-refractivity contribution in [1.29, 1.82) is 0 Å². The van der Waals surface area contributed by atoms with Crippen LogP contribution >= 0.6 is 0 Å². The molecule has 0 saturated heterocycles. The summed E-state index contributed by atoms with van der Waals surface area (Å²) in [4.78, 5) is 0. The minimum absolute atomic E-state index is 0. The average Bonchev–Trinajstić information content (AvgIpc) is 3.24. The van der Waals surface area contributed by atoms with Gasteiger partial charge in [-0.3, -0.25) is 0 Å². The van der Waals surface area contributed by atoms with Gasteiger partial charge in [0.25, 0.3) is 0 Å². The normalized spacial score (nSPS) is 15.6. The molecule has 32 heavy (non-hydrogen) atoms. The molecule has 0 fully saturated rings. The van der Waals surface area contributed by atoms with E-state index in [0.717, 1.165) is 26.1 Å². The van der Waals surface area contributed by atoms with Crippen LogP contribution in [0.4, 0.5) is 0 Å². The molecule has 7 heteroatoms. The van der Waals surface area contributed by atoms with Crippen molar-refractivity contribution >= 4 is 19.8 Å². The molecule has 0 amide bonds. The van der Waals surface area contributed by atoms with Crippen LogP contribution in [-0.2, 0) is 30.1 Å². The first-order chi connectivity index (χ1) is 14.0. The van der Waals surface area contributed by atoms with Gasteiger partial charge in [0.15, 0.2) is 0 Å². The van der Waals surface area contributed by atoms with E-state index in [4.69, 9.17) is 8.85 Å². The second kappa shape index (κ2) is 14.9. The molecule has 0 aromatic carbocycles. The first-order valence-electron chi connectivity index (χ1n) is 11.7. The quantitative estimate of drug-likeness (QED) is 0.252. The number of hydrogen-bond acceptors (Lipinski definition) is 2. The van der Waals surface area contributed by atoms with Gasteiger partial charge in [-0.25, -0.2) is 0 Å². The zero-order valence-electron chi connectivity index (χ0n) is 21.5. The third-order valence-corrected chi connectivity index (χ3v) is 15.6. The van der Waals surface area contributed by atoms with Crippen LogP contribution in [-0.4, -0.2) is 33.1 Å². The minimum atomic E-state index is -1.92. The van der Waals surface area contributed by atoms with Gasteiger partial charge in [0.05, 0.1) is 0 Å². The predicted octanol–water partition coefficient (Wildman–Crippen LogP) is 1.52. The molecule has 0 aliphatic heterocycles. The summed E-state index contributed by atoms with van der Waals surface area (Å²) in [6, 6.07) is 0. The van der Waals surface area contributed by atoms with Crippen molar-refractivity contribution in [3.05, 3.63) is 42.0 Å². The molecular formula is C25H44Cl2O2Si2Zr. The Balaban J connectivity index is 0.00000480. The summed E-state index contributed by atoms with van der Waals surface area (Å²) in [5, 5.41) is 0. The third-order valence-electron chi connectivity index (χ3n) is 5.41. The van der Waals surface area contributed by atoms with Crippen molar-refractivity contribution in [1.82, 2.24) is 0 Å². The first kappa shape index (κ1) is 32.6. The standard InChI is InChI=1S/2C11H19OSi.C3H6.2ClH.Zr/c2*1-13(2,3)12-10-6-9-11-7-4-5-8-11;1-3-2;;;/h2*4,7H,5-6,9-10H2,1-3H3;1-2H3;2*1H;/q;;;;;+2/p-2. The molecule has 0 unspecified atom stereocenters. The van der Waals surface area contributed by atoms with Crippen LogP contribution in [0.1, 0.15) is 52.4 Å². The van der Waals surface area contributed by atoms with E-state index in [1.165, 1.54) is 25.7 Å². The van der Waals surface area contributed by atoms with Crippen LogP contribution in [0, 0.1) is 0 Å². The summed E-state index contributed by atoms with van der Waals surface area (Å²) < 4.78 is 17.6. The third kappa shape index (κ3) is 11.4. The van der Waals surface area contributed by atoms with E-state index in [0.29, 0.717) is 0 Å². The number of halogens is 2. The Bertz CT molecular complexity index is 708. The second-order valence-electron chi connectivity index (χ2n) is 10.7. The van der Waals surface area contributed by atoms with Gasteiger partial charge in [-0.05, 0) is 0 Å². The van der Waals surface area contributed by atoms with Gasteiger partial charge < -0.3 is 24.8 Å². The van der Waals surface area contributed by atoms with Gasteiger partial charge in [0, 0.05) is 0 Å². The van der Waals surface area contributed by atoms with E-state index in [2.05, 4.69) is 77.4 Å². The molecule has 2 aliphatic carbocycles. The summed E-state index contributed by atoms with van der Waals surface area (Å²) in [5.74, 6) is 0. The van der Waals surface area contributed by atoms with Gasteiger partial charge in [0.2, 0.25) is 0 Å². The van der Waals surface area contributed by atoms with E-state index in [1.54, 1.807) is 14.4 Å². The topological polar surface area (TPSA) is 18.5 Å². The molecule has 0 N–H and O–H groups in total. The molecule has 0 bridgehead atoms. The minimum Gasteiger partial charge on any atom is -1.00 e. The summed E-state index contributed by atoms with van der Waals surface area (Å²) >= 11 is -1.92. The van der Waals surface area contributed by atoms with Crippen molar-refractivity contribution in [2.45, 2.75) is 91.7 Å². The molecule has 182 valence electrons. The smallest absolute Gasteiger partial charge is 1.00 e. The Labute approximate surface area is 220 Å². The van der Waals surface area contributed by atoms with Crippen molar-refractivity contribution in [3.8, 4) is 0 Å².